The molecule has 0 radical (unpaired) electrons. The number of rotatable bonds is 2. The molecule has 0 aliphatic carbocycles. The van der Waals surface area contributed by atoms with Crippen molar-refractivity contribution in [1.29, 1.82) is 0 Å². The van der Waals surface area contributed by atoms with Crippen molar-refractivity contribution in [1.82, 2.24) is 4.47 Å². The Hall–Kier alpha value is -0.820. The lowest BCUT2D eigenvalue weighted by atomic mass is 10.3. The first-order valence-electron chi connectivity index (χ1n) is 5.23. The molecule has 94 valence electrons. The fourth-order valence-electron chi connectivity index (χ4n) is 1.66. The molecule has 1 aromatic rings. The molecule has 1 aromatic carbocycles. The van der Waals surface area contributed by atoms with Crippen LogP contribution in [-0.4, -0.2) is 26.0 Å². The Labute approximate surface area is 105 Å². The third-order valence-corrected chi connectivity index (χ3v) is 4.72. The summed E-state index contributed by atoms with van der Waals surface area (Å²) in [6.07, 6.45) is 1.62. The van der Waals surface area contributed by atoms with Crippen molar-refractivity contribution in [3.05, 3.63) is 23.2 Å². The highest BCUT2D eigenvalue weighted by Gasteiger charge is 2.31. The van der Waals surface area contributed by atoms with E-state index in [0.717, 1.165) is 17.3 Å². The maximum Gasteiger partial charge on any atom is 0.268 e. The van der Waals surface area contributed by atoms with Crippen molar-refractivity contribution in [2.45, 2.75) is 17.7 Å². The second-order valence-corrected chi connectivity index (χ2v) is 5.90. The van der Waals surface area contributed by atoms with Crippen LogP contribution in [0.5, 0.6) is 0 Å². The minimum absolute atomic E-state index is 0.0800. The van der Waals surface area contributed by atoms with Gasteiger partial charge in [0, 0.05) is 6.54 Å². The van der Waals surface area contributed by atoms with Gasteiger partial charge < -0.3 is 5.73 Å². The van der Waals surface area contributed by atoms with Crippen molar-refractivity contribution in [2.75, 3.05) is 18.9 Å². The van der Waals surface area contributed by atoms with Gasteiger partial charge in [-0.15, -0.1) is 0 Å². The van der Waals surface area contributed by atoms with Crippen molar-refractivity contribution in [2.24, 2.45) is 0 Å². The molecular weight excluding hydrogens is 264 g/mol. The molecule has 0 saturated carbocycles. The highest BCUT2D eigenvalue weighted by Crippen LogP contribution is 2.30. The van der Waals surface area contributed by atoms with Gasteiger partial charge in [0.1, 0.15) is 4.90 Å². The molecule has 0 spiro atoms. The van der Waals surface area contributed by atoms with Gasteiger partial charge in [0.05, 0.1) is 17.3 Å². The second kappa shape index (κ2) is 4.81. The highest BCUT2D eigenvalue weighted by atomic mass is 35.5. The number of nitrogens with zero attached hydrogens (tertiary/aromatic N) is 1. The lowest BCUT2D eigenvalue weighted by molar-refractivity contribution is -0.108. The van der Waals surface area contributed by atoms with E-state index in [1.165, 1.54) is 12.1 Å². The number of sulfonamides is 1. The van der Waals surface area contributed by atoms with Crippen LogP contribution in [0.3, 0.4) is 0 Å². The van der Waals surface area contributed by atoms with Crippen molar-refractivity contribution in [3.8, 4) is 0 Å². The molecule has 0 unspecified atom stereocenters. The van der Waals surface area contributed by atoms with Crippen LogP contribution < -0.4 is 5.73 Å². The summed E-state index contributed by atoms with van der Waals surface area (Å²) in [5.74, 6) is 0. The molecule has 0 atom stereocenters. The molecule has 2 N–H and O–H groups in total. The van der Waals surface area contributed by atoms with Gasteiger partial charge in [-0.25, -0.2) is 8.42 Å². The third kappa shape index (κ3) is 2.40. The van der Waals surface area contributed by atoms with Gasteiger partial charge in [-0.1, -0.05) is 22.1 Å². The summed E-state index contributed by atoms with van der Waals surface area (Å²) in [5, 5.41) is 0.110. The number of anilines is 1. The Morgan fingerprint density at radius 2 is 2.12 bits per heavy atom. The summed E-state index contributed by atoms with van der Waals surface area (Å²) in [5.41, 5.74) is 5.80. The fourth-order valence-corrected chi connectivity index (χ4v) is 3.60. The van der Waals surface area contributed by atoms with Gasteiger partial charge in [0.15, 0.2) is 0 Å². The van der Waals surface area contributed by atoms with Crippen LogP contribution >= 0.6 is 11.6 Å². The Morgan fingerprint density at radius 1 is 1.35 bits per heavy atom. The average Bonchev–Trinajstić information content (AvgIpc) is 2.29. The van der Waals surface area contributed by atoms with E-state index < -0.39 is 10.0 Å². The van der Waals surface area contributed by atoms with Crippen LogP contribution in [0.4, 0.5) is 5.69 Å². The first kappa shape index (κ1) is 12.6. The van der Waals surface area contributed by atoms with Gasteiger partial charge in [-0.05, 0) is 25.0 Å². The SMILES string of the molecule is Nc1cccc(Cl)c1S(=O)(=O)N1CCCCO1. The number of nitrogens with two attached hydrogens (primary N) is 1. The van der Waals surface area contributed by atoms with Crippen LogP contribution in [0.15, 0.2) is 23.1 Å². The molecular formula is C10H13ClN2O3S. The van der Waals surface area contributed by atoms with E-state index in [-0.39, 0.29) is 15.6 Å². The Bertz CT molecular complexity index is 492. The molecule has 5 nitrogen and oxygen atoms in total. The van der Waals surface area contributed by atoms with E-state index in [4.69, 9.17) is 22.2 Å². The number of hydrogen-bond acceptors (Lipinski definition) is 4. The normalized spacial score (nSPS) is 18.2. The molecule has 0 bridgehead atoms. The zero-order chi connectivity index (χ0) is 12.5. The number of nitrogen functional groups attached to an aromatic ring is 1. The van der Waals surface area contributed by atoms with Crippen LogP contribution in [-0.2, 0) is 14.9 Å². The number of halogens is 1. The summed E-state index contributed by atoms with van der Waals surface area (Å²) >= 11 is 5.89. The van der Waals surface area contributed by atoms with E-state index in [9.17, 15) is 8.42 Å². The molecule has 0 amide bonds. The number of benzene rings is 1. The first-order chi connectivity index (χ1) is 8.03. The topological polar surface area (TPSA) is 72.6 Å². The largest absolute Gasteiger partial charge is 0.398 e. The molecule has 1 aliphatic rings. The van der Waals surface area contributed by atoms with Gasteiger partial charge >= 0.3 is 0 Å². The van der Waals surface area contributed by atoms with Crippen LogP contribution in [0.1, 0.15) is 12.8 Å². The van der Waals surface area contributed by atoms with E-state index in [2.05, 4.69) is 0 Å². The maximum atomic E-state index is 12.3. The monoisotopic (exact) mass is 276 g/mol. The van der Waals surface area contributed by atoms with Gasteiger partial charge in [-0.3, -0.25) is 4.84 Å². The maximum absolute atomic E-state index is 12.3. The Balaban J connectivity index is 2.44. The van der Waals surface area contributed by atoms with Crippen molar-refractivity contribution >= 4 is 27.3 Å². The quantitative estimate of drug-likeness (QED) is 0.834. The molecule has 1 fully saturated rings. The van der Waals surface area contributed by atoms with Crippen LogP contribution in [0.2, 0.25) is 5.02 Å². The molecule has 1 saturated heterocycles. The predicted octanol–water partition coefficient (Wildman–Crippen LogP) is 1.64. The summed E-state index contributed by atoms with van der Waals surface area (Å²) in [6.45, 7) is 0.719. The summed E-state index contributed by atoms with van der Waals surface area (Å²) < 4.78 is 25.5. The molecule has 7 heteroatoms. The Morgan fingerprint density at radius 3 is 2.71 bits per heavy atom. The standard InChI is InChI=1S/C10H13ClN2O3S/c11-8-4-3-5-9(12)10(8)17(14,15)13-6-1-2-7-16-13/h3-5H,1-2,6-7,12H2. The lowest BCUT2D eigenvalue weighted by Crippen LogP contribution is -2.36. The van der Waals surface area contributed by atoms with Gasteiger partial charge in [-0.2, -0.15) is 0 Å². The smallest absolute Gasteiger partial charge is 0.268 e. The zero-order valence-corrected chi connectivity index (χ0v) is 10.7. The van der Waals surface area contributed by atoms with E-state index in [0.29, 0.717) is 13.2 Å². The highest BCUT2D eigenvalue weighted by molar-refractivity contribution is 7.89. The minimum atomic E-state index is -3.77. The molecule has 0 aromatic heterocycles. The second-order valence-electron chi connectivity index (χ2n) is 3.73. The lowest BCUT2D eigenvalue weighted by Gasteiger charge is -2.26. The van der Waals surface area contributed by atoms with E-state index >= 15 is 0 Å². The zero-order valence-electron chi connectivity index (χ0n) is 9.10. The first-order valence-corrected chi connectivity index (χ1v) is 7.05. The van der Waals surface area contributed by atoms with E-state index in [1.54, 1.807) is 6.07 Å². The summed E-state index contributed by atoms with van der Waals surface area (Å²) in [4.78, 5) is 5.06. The minimum Gasteiger partial charge on any atom is -0.398 e. The molecule has 1 heterocycles. The predicted molar refractivity (Wildman–Crippen MR) is 64.9 cm³/mol. The van der Waals surface area contributed by atoms with Crippen molar-refractivity contribution < 1.29 is 13.3 Å². The van der Waals surface area contributed by atoms with Gasteiger partial charge in [0.25, 0.3) is 10.0 Å². The molecule has 17 heavy (non-hydrogen) atoms. The summed E-state index contributed by atoms with van der Waals surface area (Å²) in [7, 11) is -3.77. The van der Waals surface area contributed by atoms with Gasteiger partial charge in [0.2, 0.25) is 0 Å². The van der Waals surface area contributed by atoms with E-state index in [1.807, 2.05) is 0 Å². The number of hydrogen-bond donors (Lipinski definition) is 1. The molecule has 2 rings (SSSR count). The average molecular weight is 277 g/mol. The van der Waals surface area contributed by atoms with Crippen molar-refractivity contribution in [3.63, 3.8) is 0 Å². The third-order valence-electron chi connectivity index (χ3n) is 2.49. The molecule has 1 aliphatic heterocycles. The van der Waals surface area contributed by atoms with Crippen LogP contribution in [0, 0.1) is 0 Å². The number of hydroxylamine groups is 1. The van der Waals surface area contributed by atoms with Crippen LogP contribution in [0.25, 0.3) is 0 Å². The summed E-state index contributed by atoms with van der Waals surface area (Å²) in [6, 6.07) is 4.60. The Kier molecular flexibility index (Phi) is 3.58. The fraction of sp³-hybridized carbons (Fsp3) is 0.400.